The monoisotopic (exact) mass is 286 g/mol. The van der Waals surface area contributed by atoms with E-state index in [0.717, 1.165) is 16.6 Å². The summed E-state index contributed by atoms with van der Waals surface area (Å²) < 4.78 is 1.37. The smallest absolute Gasteiger partial charge is 0.244 e. The van der Waals surface area contributed by atoms with E-state index in [4.69, 9.17) is 11.6 Å². The minimum Gasteiger partial charge on any atom is -0.273 e. The van der Waals surface area contributed by atoms with Gasteiger partial charge < -0.3 is 0 Å². The first-order chi connectivity index (χ1) is 7.13. The van der Waals surface area contributed by atoms with Crippen molar-refractivity contribution in [1.82, 2.24) is 9.78 Å². The van der Waals surface area contributed by atoms with Crippen LogP contribution < -0.4 is 0 Å². The van der Waals surface area contributed by atoms with Crippen LogP contribution in [0.15, 0.2) is 18.2 Å². The summed E-state index contributed by atoms with van der Waals surface area (Å²) in [4.78, 5) is 11.3. The van der Waals surface area contributed by atoms with Gasteiger partial charge in [0.15, 0.2) is 0 Å². The second-order valence-electron chi connectivity index (χ2n) is 3.17. The third-order valence-corrected chi connectivity index (χ3v) is 2.91. The van der Waals surface area contributed by atoms with Crippen molar-refractivity contribution in [3.8, 4) is 0 Å². The molecular formula is C10H8BrClN2O. The molecule has 1 aromatic heterocycles. The summed E-state index contributed by atoms with van der Waals surface area (Å²) in [5.41, 5.74) is 1.60. The van der Waals surface area contributed by atoms with Crippen molar-refractivity contribution >= 4 is 44.3 Å². The third-order valence-electron chi connectivity index (χ3n) is 2.14. The topological polar surface area (TPSA) is 34.9 Å². The third kappa shape index (κ3) is 1.79. The molecule has 0 amide bonds. The number of halogens is 2. The summed E-state index contributed by atoms with van der Waals surface area (Å²) in [5.74, 6) is -0.116. The number of carbonyl (C=O) groups excluding carboxylic acids is 1. The van der Waals surface area contributed by atoms with Gasteiger partial charge in [0.1, 0.15) is 0 Å². The van der Waals surface area contributed by atoms with Gasteiger partial charge in [0.05, 0.1) is 11.2 Å². The zero-order valence-electron chi connectivity index (χ0n) is 8.00. The van der Waals surface area contributed by atoms with Crippen molar-refractivity contribution in [1.29, 1.82) is 0 Å². The molecule has 5 heteroatoms. The number of fused-ring (bicyclic) bond motifs is 1. The second-order valence-corrected chi connectivity index (χ2v) is 4.17. The highest BCUT2D eigenvalue weighted by molar-refractivity contribution is 9.08. The van der Waals surface area contributed by atoms with Crippen molar-refractivity contribution < 1.29 is 4.79 Å². The first-order valence-electron chi connectivity index (χ1n) is 4.37. The fourth-order valence-corrected chi connectivity index (χ4v) is 2.07. The number of rotatable bonds is 1. The number of alkyl halides is 1. The molecule has 1 heterocycles. The van der Waals surface area contributed by atoms with E-state index >= 15 is 0 Å². The summed E-state index contributed by atoms with van der Waals surface area (Å²) in [7, 11) is 0. The van der Waals surface area contributed by atoms with Crippen molar-refractivity contribution in [3.05, 3.63) is 28.9 Å². The number of hydrogen-bond donors (Lipinski definition) is 0. The zero-order chi connectivity index (χ0) is 11.0. The molecule has 0 aliphatic carbocycles. The predicted octanol–water partition coefficient (Wildman–Crippen LogP) is 3.24. The quantitative estimate of drug-likeness (QED) is 0.755. The van der Waals surface area contributed by atoms with Gasteiger partial charge >= 0.3 is 0 Å². The van der Waals surface area contributed by atoms with Gasteiger partial charge in [-0.2, -0.15) is 9.78 Å². The molecule has 2 rings (SSSR count). The first kappa shape index (κ1) is 10.6. The van der Waals surface area contributed by atoms with Gasteiger partial charge in [-0.05, 0) is 18.2 Å². The molecule has 15 heavy (non-hydrogen) atoms. The average molecular weight is 288 g/mol. The average Bonchev–Trinajstić information content (AvgIpc) is 2.55. The molecule has 0 saturated carbocycles. The molecule has 0 spiro atoms. The van der Waals surface area contributed by atoms with Crippen LogP contribution in [0.3, 0.4) is 0 Å². The Morgan fingerprint density at radius 2 is 2.33 bits per heavy atom. The summed E-state index contributed by atoms with van der Waals surface area (Å²) in [5, 5.41) is 6.38. The number of benzene rings is 1. The van der Waals surface area contributed by atoms with Crippen LogP contribution >= 0.6 is 27.5 Å². The number of nitrogens with zero attached hydrogens (tertiary/aromatic N) is 2. The van der Waals surface area contributed by atoms with Crippen molar-refractivity contribution in [3.63, 3.8) is 0 Å². The number of aromatic nitrogens is 2. The molecule has 0 N–H and O–H groups in total. The Morgan fingerprint density at radius 1 is 1.60 bits per heavy atom. The Balaban J connectivity index is 2.81. The minimum absolute atomic E-state index is 0.116. The highest BCUT2D eigenvalue weighted by Crippen LogP contribution is 2.23. The summed E-state index contributed by atoms with van der Waals surface area (Å²) >= 11 is 9.22. The van der Waals surface area contributed by atoms with E-state index < -0.39 is 0 Å². The van der Waals surface area contributed by atoms with E-state index in [1.165, 1.54) is 11.6 Å². The molecule has 0 radical (unpaired) electrons. The van der Waals surface area contributed by atoms with Crippen molar-refractivity contribution in [2.45, 2.75) is 12.3 Å². The van der Waals surface area contributed by atoms with Gasteiger partial charge in [0.25, 0.3) is 0 Å². The molecule has 0 atom stereocenters. The Kier molecular flexibility index (Phi) is 2.80. The Morgan fingerprint density at radius 3 is 2.93 bits per heavy atom. The second kappa shape index (κ2) is 3.94. The molecule has 0 unspecified atom stereocenters. The molecule has 1 aromatic carbocycles. The Labute approximate surface area is 100 Å². The Hall–Kier alpha value is -0.870. The van der Waals surface area contributed by atoms with Crippen LogP contribution in [0.2, 0.25) is 5.02 Å². The summed E-state index contributed by atoms with van der Waals surface area (Å²) in [6, 6.07) is 5.42. The lowest BCUT2D eigenvalue weighted by molar-refractivity contribution is 0.0926. The summed E-state index contributed by atoms with van der Waals surface area (Å²) in [6.45, 7) is 1.48. The van der Waals surface area contributed by atoms with Crippen LogP contribution in [0, 0.1) is 0 Å². The van der Waals surface area contributed by atoms with E-state index in [2.05, 4.69) is 21.0 Å². The largest absolute Gasteiger partial charge is 0.273 e. The lowest BCUT2D eigenvalue weighted by Gasteiger charge is -1.96. The van der Waals surface area contributed by atoms with Crippen LogP contribution in [-0.2, 0) is 5.33 Å². The van der Waals surface area contributed by atoms with Gasteiger partial charge in [-0.25, -0.2) is 0 Å². The van der Waals surface area contributed by atoms with Crippen LogP contribution in [0.1, 0.15) is 17.4 Å². The molecule has 0 aliphatic heterocycles. The molecule has 0 aliphatic rings. The maximum atomic E-state index is 11.3. The lowest BCUT2D eigenvalue weighted by atomic mass is 10.2. The summed E-state index contributed by atoms with van der Waals surface area (Å²) in [6.07, 6.45) is 0. The highest BCUT2D eigenvalue weighted by Gasteiger charge is 2.12. The minimum atomic E-state index is -0.116. The molecule has 0 saturated heterocycles. The van der Waals surface area contributed by atoms with Gasteiger partial charge in [0, 0.05) is 22.7 Å². The van der Waals surface area contributed by atoms with Crippen LogP contribution in [0.5, 0.6) is 0 Å². The van der Waals surface area contributed by atoms with E-state index in [0.29, 0.717) is 10.4 Å². The fraction of sp³-hybridized carbons (Fsp3) is 0.200. The normalized spacial score (nSPS) is 10.9. The SMILES string of the molecule is CC(=O)n1nc(CBr)c2ccc(Cl)cc21. The van der Waals surface area contributed by atoms with Crippen molar-refractivity contribution in [2.24, 2.45) is 0 Å². The van der Waals surface area contributed by atoms with Crippen LogP contribution in [0.4, 0.5) is 0 Å². The maximum absolute atomic E-state index is 11.3. The lowest BCUT2D eigenvalue weighted by Crippen LogP contribution is -2.07. The van der Waals surface area contributed by atoms with Gasteiger partial charge in [-0.1, -0.05) is 27.5 Å². The van der Waals surface area contributed by atoms with E-state index in [1.54, 1.807) is 12.1 Å². The Bertz CT molecular complexity index is 535. The molecule has 3 nitrogen and oxygen atoms in total. The van der Waals surface area contributed by atoms with Gasteiger partial charge in [-0.3, -0.25) is 4.79 Å². The van der Waals surface area contributed by atoms with Crippen LogP contribution in [0.25, 0.3) is 10.9 Å². The van der Waals surface area contributed by atoms with E-state index in [9.17, 15) is 4.79 Å². The predicted molar refractivity (Wildman–Crippen MR) is 63.7 cm³/mol. The van der Waals surface area contributed by atoms with Crippen LogP contribution in [-0.4, -0.2) is 15.7 Å². The molecule has 2 aromatic rings. The van der Waals surface area contributed by atoms with Gasteiger partial charge in [-0.15, -0.1) is 0 Å². The first-order valence-corrected chi connectivity index (χ1v) is 5.87. The molecular weight excluding hydrogens is 279 g/mol. The fourth-order valence-electron chi connectivity index (χ4n) is 1.49. The van der Waals surface area contributed by atoms with Crippen molar-refractivity contribution in [2.75, 3.05) is 0 Å². The number of carbonyl (C=O) groups is 1. The van der Waals surface area contributed by atoms with Gasteiger partial charge in [0.2, 0.25) is 5.91 Å². The maximum Gasteiger partial charge on any atom is 0.244 e. The molecule has 78 valence electrons. The molecule has 0 fully saturated rings. The van der Waals surface area contributed by atoms with E-state index in [-0.39, 0.29) is 5.91 Å². The van der Waals surface area contributed by atoms with E-state index in [1.807, 2.05) is 6.07 Å². The highest BCUT2D eigenvalue weighted by atomic mass is 79.9. The number of hydrogen-bond acceptors (Lipinski definition) is 2. The zero-order valence-corrected chi connectivity index (χ0v) is 10.3. The molecule has 0 bridgehead atoms. The standard InChI is InChI=1S/C10H8BrClN2O/c1-6(15)14-10-4-7(12)2-3-8(10)9(5-11)13-14/h2-4H,5H2,1H3.